The van der Waals surface area contributed by atoms with Crippen LogP contribution >= 0.6 is 0 Å². The van der Waals surface area contributed by atoms with Gasteiger partial charge in [-0.3, -0.25) is 9.69 Å². The molecule has 1 fully saturated rings. The van der Waals surface area contributed by atoms with E-state index < -0.39 is 0 Å². The number of morpholine rings is 1. The van der Waals surface area contributed by atoms with Gasteiger partial charge in [-0.25, -0.2) is 0 Å². The summed E-state index contributed by atoms with van der Waals surface area (Å²) in [6.07, 6.45) is 1.46. The minimum Gasteiger partial charge on any atom is -0.466 e. The molecule has 134 valence electrons. The highest BCUT2D eigenvalue weighted by Crippen LogP contribution is 2.42. The summed E-state index contributed by atoms with van der Waals surface area (Å²) in [5.74, 6) is 1.92. The summed E-state index contributed by atoms with van der Waals surface area (Å²) >= 11 is 0. The summed E-state index contributed by atoms with van der Waals surface area (Å²) in [5.41, 5.74) is 1.25. The minimum atomic E-state index is -0.386. The molecular weight excluding hydrogens is 304 g/mol. The van der Waals surface area contributed by atoms with Crippen LogP contribution in [0.25, 0.3) is 0 Å². The highest BCUT2D eigenvalue weighted by molar-refractivity contribution is 5.81. The topological polar surface area (TPSA) is 54.7 Å². The van der Waals surface area contributed by atoms with Crippen LogP contribution in [0.5, 0.6) is 0 Å². The molecule has 0 spiro atoms. The maximum absolute atomic E-state index is 12.8. The molecule has 1 aromatic rings. The molecule has 1 amide bonds. The first-order valence-electron chi connectivity index (χ1n) is 9.00. The van der Waals surface area contributed by atoms with Gasteiger partial charge in [-0.1, -0.05) is 13.8 Å². The van der Waals surface area contributed by atoms with E-state index in [0.717, 1.165) is 36.5 Å². The molecule has 1 aromatic heterocycles. The van der Waals surface area contributed by atoms with E-state index in [-0.39, 0.29) is 23.5 Å². The summed E-state index contributed by atoms with van der Waals surface area (Å²) in [6, 6.07) is 2.50. The normalized spacial score (nSPS) is 27.1. The van der Waals surface area contributed by atoms with Crippen LogP contribution in [-0.4, -0.2) is 42.6 Å². The maximum atomic E-state index is 12.8. The van der Waals surface area contributed by atoms with E-state index in [1.165, 1.54) is 0 Å². The van der Waals surface area contributed by atoms with Crippen molar-refractivity contribution in [2.75, 3.05) is 19.7 Å². The second-order valence-electron chi connectivity index (χ2n) is 8.29. The lowest BCUT2D eigenvalue weighted by Gasteiger charge is -2.37. The van der Waals surface area contributed by atoms with E-state index in [9.17, 15) is 4.79 Å². The highest BCUT2D eigenvalue weighted by atomic mass is 16.5. The van der Waals surface area contributed by atoms with Crippen molar-refractivity contribution in [2.24, 2.45) is 5.41 Å². The minimum absolute atomic E-state index is 0.00623. The van der Waals surface area contributed by atoms with Crippen LogP contribution in [0.1, 0.15) is 57.2 Å². The molecule has 1 aliphatic carbocycles. The monoisotopic (exact) mass is 334 g/mol. The lowest BCUT2D eigenvalue weighted by atomic mass is 9.74. The van der Waals surface area contributed by atoms with Gasteiger partial charge >= 0.3 is 0 Å². The number of amides is 1. The van der Waals surface area contributed by atoms with Crippen molar-refractivity contribution in [1.82, 2.24) is 10.2 Å². The number of hydrogen-bond acceptors (Lipinski definition) is 4. The molecule has 24 heavy (non-hydrogen) atoms. The molecule has 1 N–H and O–H groups in total. The Balaban J connectivity index is 1.72. The molecule has 1 aliphatic heterocycles. The average molecular weight is 334 g/mol. The Bertz CT molecular complexity index is 606. The molecule has 0 aromatic carbocycles. The van der Waals surface area contributed by atoms with Crippen molar-refractivity contribution in [3.63, 3.8) is 0 Å². The standard InChI is InChI=1S/C19H30N2O3/c1-12(2)21-6-7-23-17(11-21)18(22)20-15-9-19(4,5)10-16-14(15)8-13(3)24-16/h8,12,15,17H,6-7,9-11H2,1-5H3,(H,20,22)/t15-,17+/m0/s1. The van der Waals surface area contributed by atoms with Crippen molar-refractivity contribution in [1.29, 1.82) is 0 Å². The molecule has 0 unspecified atom stereocenters. The van der Waals surface area contributed by atoms with Crippen molar-refractivity contribution < 1.29 is 13.9 Å². The van der Waals surface area contributed by atoms with E-state index in [1.54, 1.807) is 0 Å². The van der Waals surface area contributed by atoms with Gasteiger partial charge < -0.3 is 14.5 Å². The van der Waals surface area contributed by atoms with Crippen LogP contribution in [0.3, 0.4) is 0 Å². The van der Waals surface area contributed by atoms with Crippen molar-refractivity contribution in [3.05, 3.63) is 23.2 Å². The van der Waals surface area contributed by atoms with E-state index >= 15 is 0 Å². The van der Waals surface area contributed by atoms with E-state index in [0.29, 0.717) is 19.2 Å². The predicted molar refractivity (Wildman–Crippen MR) is 92.9 cm³/mol. The maximum Gasteiger partial charge on any atom is 0.250 e. The second-order valence-corrected chi connectivity index (χ2v) is 8.29. The van der Waals surface area contributed by atoms with E-state index in [2.05, 4.69) is 44.0 Å². The molecule has 5 nitrogen and oxygen atoms in total. The van der Waals surface area contributed by atoms with Crippen LogP contribution in [0.4, 0.5) is 0 Å². The third kappa shape index (κ3) is 3.67. The van der Waals surface area contributed by atoms with Gasteiger partial charge in [0.05, 0.1) is 12.6 Å². The fraction of sp³-hybridized carbons (Fsp3) is 0.737. The number of nitrogens with zero attached hydrogens (tertiary/aromatic N) is 1. The van der Waals surface area contributed by atoms with Gasteiger partial charge in [0, 0.05) is 31.1 Å². The number of carbonyl (C=O) groups is 1. The van der Waals surface area contributed by atoms with Gasteiger partial charge in [-0.15, -0.1) is 0 Å². The Labute approximate surface area is 144 Å². The Morgan fingerprint density at radius 2 is 2.17 bits per heavy atom. The van der Waals surface area contributed by atoms with Crippen LogP contribution in [0.15, 0.2) is 10.5 Å². The van der Waals surface area contributed by atoms with Crippen LogP contribution in [-0.2, 0) is 16.0 Å². The molecular formula is C19H30N2O3. The van der Waals surface area contributed by atoms with Crippen molar-refractivity contribution in [2.45, 2.75) is 65.6 Å². The Kier molecular flexibility index (Phi) is 4.76. The smallest absolute Gasteiger partial charge is 0.250 e. The molecule has 0 radical (unpaired) electrons. The molecule has 2 atom stereocenters. The first kappa shape index (κ1) is 17.5. The number of ether oxygens (including phenoxy) is 1. The number of rotatable bonds is 3. The zero-order valence-electron chi connectivity index (χ0n) is 15.5. The number of fused-ring (bicyclic) bond motifs is 1. The number of aryl methyl sites for hydroxylation is 1. The zero-order valence-corrected chi connectivity index (χ0v) is 15.5. The largest absolute Gasteiger partial charge is 0.466 e. The van der Waals surface area contributed by atoms with Crippen molar-refractivity contribution in [3.8, 4) is 0 Å². The summed E-state index contributed by atoms with van der Waals surface area (Å²) in [7, 11) is 0. The molecule has 5 heteroatoms. The molecule has 0 saturated carbocycles. The van der Waals surface area contributed by atoms with Gasteiger partial charge in [0.25, 0.3) is 5.91 Å². The first-order chi connectivity index (χ1) is 11.2. The molecule has 2 heterocycles. The van der Waals surface area contributed by atoms with Gasteiger partial charge in [-0.2, -0.15) is 0 Å². The van der Waals surface area contributed by atoms with Crippen LogP contribution in [0.2, 0.25) is 0 Å². The van der Waals surface area contributed by atoms with Crippen molar-refractivity contribution >= 4 is 5.91 Å². The summed E-state index contributed by atoms with van der Waals surface area (Å²) < 4.78 is 11.6. The summed E-state index contributed by atoms with van der Waals surface area (Å²) in [4.78, 5) is 15.1. The van der Waals surface area contributed by atoms with Crippen LogP contribution < -0.4 is 5.32 Å². The third-order valence-electron chi connectivity index (χ3n) is 5.17. The van der Waals surface area contributed by atoms with Gasteiger partial charge in [-0.05, 0) is 38.7 Å². The van der Waals surface area contributed by atoms with Gasteiger partial charge in [0.15, 0.2) is 0 Å². The Morgan fingerprint density at radius 1 is 1.42 bits per heavy atom. The fourth-order valence-corrected chi connectivity index (χ4v) is 3.87. The molecule has 0 bridgehead atoms. The Hall–Kier alpha value is -1.33. The fourth-order valence-electron chi connectivity index (χ4n) is 3.87. The lowest BCUT2D eigenvalue weighted by Crippen LogP contribution is -2.52. The third-order valence-corrected chi connectivity index (χ3v) is 5.17. The van der Waals surface area contributed by atoms with Gasteiger partial charge in [0.1, 0.15) is 17.6 Å². The highest BCUT2D eigenvalue weighted by Gasteiger charge is 2.37. The van der Waals surface area contributed by atoms with Gasteiger partial charge in [0.2, 0.25) is 0 Å². The number of furan rings is 1. The predicted octanol–water partition coefficient (Wildman–Crippen LogP) is 2.83. The number of nitrogens with one attached hydrogen (secondary N) is 1. The quantitative estimate of drug-likeness (QED) is 0.923. The van der Waals surface area contributed by atoms with Crippen LogP contribution in [0, 0.1) is 12.3 Å². The molecule has 3 rings (SSSR count). The van der Waals surface area contributed by atoms with E-state index in [4.69, 9.17) is 9.15 Å². The number of carbonyl (C=O) groups excluding carboxylic acids is 1. The first-order valence-corrected chi connectivity index (χ1v) is 9.00. The molecule has 2 aliphatic rings. The Morgan fingerprint density at radius 3 is 2.88 bits per heavy atom. The summed E-state index contributed by atoms with van der Waals surface area (Å²) in [6.45, 7) is 12.9. The average Bonchev–Trinajstić information content (AvgIpc) is 2.86. The SMILES string of the molecule is Cc1cc2c(o1)CC(C)(C)C[C@@H]2NC(=O)[C@H]1CN(C(C)C)CCO1. The lowest BCUT2D eigenvalue weighted by molar-refractivity contribution is -0.140. The summed E-state index contributed by atoms with van der Waals surface area (Å²) in [5, 5.41) is 3.22. The number of hydrogen-bond donors (Lipinski definition) is 1. The zero-order chi connectivity index (χ0) is 17.5. The second kappa shape index (κ2) is 6.52. The molecule has 1 saturated heterocycles. The van der Waals surface area contributed by atoms with E-state index in [1.807, 2.05) is 6.92 Å².